The molecule has 0 saturated carbocycles. The lowest BCUT2D eigenvalue weighted by Gasteiger charge is -2.08. The summed E-state index contributed by atoms with van der Waals surface area (Å²) in [7, 11) is 0. The van der Waals surface area contributed by atoms with Crippen molar-refractivity contribution in [2.75, 3.05) is 0 Å². The van der Waals surface area contributed by atoms with E-state index in [0.717, 1.165) is 32.8 Å². The molecule has 3 nitrogen and oxygen atoms in total. The highest BCUT2D eigenvalue weighted by Gasteiger charge is 2.11. The first-order valence-corrected chi connectivity index (χ1v) is 7.26. The average Bonchev–Trinajstić information content (AvgIpc) is 2.74. The summed E-state index contributed by atoms with van der Waals surface area (Å²) >= 11 is 3.52. The van der Waals surface area contributed by atoms with E-state index in [1.54, 1.807) is 0 Å². The van der Waals surface area contributed by atoms with Crippen LogP contribution in [0.3, 0.4) is 0 Å². The van der Waals surface area contributed by atoms with Gasteiger partial charge in [0.05, 0.1) is 5.69 Å². The molecule has 0 bridgehead atoms. The molecular weight excluding hydrogens is 316 g/mol. The molecule has 0 unspecified atom stereocenters. The van der Waals surface area contributed by atoms with E-state index >= 15 is 0 Å². The number of rotatable bonds is 3. The Hall–Kier alpha value is -1.81. The summed E-state index contributed by atoms with van der Waals surface area (Å²) in [5.41, 5.74) is 4.16. The Morgan fingerprint density at radius 2 is 1.95 bits per heavy atom. The van der Waals surface area contributed by atoms with Gasteiger partial charge in [0.15, 0.2) is 11.4 Å². The van der Waals surface area contributed by atoms with Gasteiger partial charge in [-0.15, -0.1) is 0 Å². The van der Waals surface area contributed by atoms with Gasteiger partial charge in [-0.2, -0.15) is 0 Å². The molecule has 0 N–H and O–H groups in total. The monoisotopic (exact) mass is 330 g/mol. The topological polar surface area (TPSA) is 26.5 Å². The predicted octanol–water partition coefficient (Wildman–Crippen LogP) is 4.29. The highest BCUT2D eigenvalue weighted by Crippen LogP contribution is 2.27. The summed E-state index contributed by atoms with van der Waals surface area (Å²) in [6.07, 6.45) is 2.01. The number of pyridine rings is 1. The fourth-order valence-electron chi connectivity index (χ4n) is 2.15. The summed E-state index contributed by atoms with van der Waals surface area (Å²) in [5, 5.41) is 0. The highest BCUT2D eigenvalue weighted by molar-refractivity contribution is 9.10. The average molecular weight is 331 g/mol. The van der Waals surface area contributed by atoms with E-state index in [9.17, 15) is 0 Å². The van der Waals surface area contributed by atoms with Gasteiger partial charge < -0.3 is 4.74 Å². The maximum atomic E-state index is 5.94. The molecule has 102 valence electrons. The Morgan fingerprint density at radius 1 is 1.20 bits per heavy atom. The number of halogens is 1. The molecule has 0 aliphatic carbocycles. The van der Waals surface area contributed by atoms with Crippen molar-refractivity contribution < 1.29 is 4.74 Å². The first-order chi connectivity index (χ1) is 9.65. The van der Waals surface area contributed by atoms with Gasteiger partial charge in [0.25, 0.3) is 0 Å². The third kappa shape index (κ3) is 2.43. The number of fused-ring (bicyclic) bond motifs is 1. The first-order valence-electron chi connectivity index (χ1n) is 6.46. The van der Waals surface area contributed by atoms with Crippen molar-refractivity contribution in [3.05, 3.63) is 64.0 Å². The summed E-state index contributed by atoms with van der Waals surface area (Å²) in [4.78, 5) is 4.58. The van der Waals surface area contributed by atoms with Crippen LogP contribution < -0.4 is 4.74 Å². The van der Waals surface area contributed by atoms with Gasteiger partial charge >= 0.3 is 0 Å². The number of ether oxygens (including phenoxy) is 1. The van der Waals surface area contributed by atoms with Crippen LogP contribution in [0.4, 0.5) is 0 Å². The van der Waals surface area contributed by atoms with Gasteiger partial charge in [-0.1, -0.05) is 30.3 Å². The first kappa shape index (κ1) is 13.2. The van der Waals surface area contributed by atoms with Gasteiger partial charge in [-0.25, -0.2) is 4.98 Å². The van der Waals surface area contributed by atoms with Crippen LogP contribution in [0.5, 0.6) is 5.75 Å². The van der Waals surface area contributed by atoms with E-state index in [1.165, 1.54) is 0 Å². The Balaban J connectivity index is 1.97. The van der Waals surface area contributed by atoms with E-state index in [2.05, 4.69) is 44.4 Å². The van der Waals surface area contributed by atoms with Crippen molar-refractivity contribution in [3.63, 3.8) is 0 Å². The molecule has 20 heavy (non-hydrogen) atoms. The molecule has 0 amide bonds. The Labute approximate surface area is 126 Å². The maximum Gasteiger partial charge on any atom is 0.180 e. The van der Waals surface area contributed by atoms with Crippen molar-refractivity contribution in [1.82, 2.24) is 9.38 Å². The van der Waals surface area contributed by atoms with Crippen molar-refractivity contribution >= 4 is 21.6 Å². The lowest BCUT2D eigenvalue weighted by Crippen LogP contribution is -1.98. The molecule has 3 rings (SSSR count). The number of nitrogens with zero attached hydrogens (tertiary/aromatic N) is 2. The Bertz CT molecular complexity index is 750. The van der Waals surface area contributed by atoms with Gasteiger partial charge in [0.2, 0.25) is 0 Å². The summed E-state index contributed by atoms with van der Waals surface area (Å²) in [6.45, 7) is 4.61. The minimum atomic E-state index is 0.540. The van der Waals surface area contributed by atoms with Crippen LogP contribution in [0, 0.1) is 13.8 Å². The maximum absolute atomic E-state index is 5.94. The second kappa shape index (κ2) is 5.29. The fraction of sp³-hybridized carbons (Fsp3) is 0.188. The van der Waals surface area contributed by atoms with E-state index in [-0.39, 0.29) is 0 Å². The van der Waals surface area contributed by atoms with Gasteiger partial charge in [0.1, 0.15) is 6.61 Å². The molecule has 4 heteroatoms. The highest BCUT2D eigenvalue weighted by atomic mass is 79.9. The van der Waals surface area contributed by atoms with E-state index in [4.69, 9.17) is 4.74 Å². The Kier molecular flexibility index (Phi) is 3.49. The molecule has 0 atom stereocenters. The zero-order valence-electron chi connectivity index (χ0n) is 11.4. The van der Waals surface area contributed by atoms with Crippen molar-refractivity contribution in [3.8, 4) is 5.75 Å². The molecular formula is C16H15BrN2O. The minimum Gasteiger partial charge on any atom is -0.485 e. The molecule has 2 heterocycles. The number of imidazole rings is 1. The second-order valence-electron chi connectivity index (χ2n) is 4.77. The van der Waals surface area contributed by atoms with Crippen LogP contribution in [-0.4, -0.2) is 9.38 Å². The second-order valence-corrected chi connectivity index (χ2v) is 5.69. The lowest BCUT2D eigenvalue weighted by atomic mass is 10.2. The third-order valence-electron chi connectivity index (χ3n) is 3.37. The van der Waals surface area contributed by atoms with E-state index in [0.29, 0.717) is 6.61 Å². The zero-order chi connectivity index (χ0) is 14.1. The third-order valence-corrected chi connectivity index (χ3v) is 3.80. The summed E-state index contributed by atoms with van der Waals surface area (Å²) < 4.78 is 8.98. The SMILES string of the molecule is Cc1nc2c(OCc3ccccc3)cc(Br)cn2c1C. The van der Waals surface area contributed by atoms with E-state index in [1.807, 2.05) is 37.4 Å². The standard InChI is InChI=1S/C16H15BrN2O/c1-11-12(2)19-9-14(17)8-15(16(19)18-11)20-10-13-6-4-3-5-7-13/h3-9H,10H2,1-2H3. The molecule has 3 aromatic rings. The number of hydrogen-bond acceptors (Lipinski definition) is 2. The zero-order valence-corrected chi connectivity index (χ0v) is 13.0. The molecule has 2 aromatic heterocycles. The summed E-state index contributed by atoms with van der Waals surface area (Å²) in [5.74, 6) is 0.791. The quantitative estimate of drug-likeness (QED) is 0.716. The fourth-order valence-corrected chi connectivity index (χ4v) is 2.56. The molecule has 0 saturated heterocycles. The van der Waals surface area contributed by atoms with Crippen molar-refractivity contribution in [2.45, 2.75) is 20.5 Å². The van der Waals surface area contributed by atoms with E-state index < -0.39 is 0 Å². The Morgan fingerprint density at radius 3 is 2.70 bits per heavy atom. The normalized spacial score (nSPS) is 10.9. The number of benzene rings is 1. The largest absolute Gasteiger partial charge is 0.485 e. The van der Waals surface area contributed by atoms with Crippen LogP contribution in [-0.2, 0) is 6.61 Å². The van der Waals surface area contributed by atoms with Crippen LogP contribution >= 0.6 is 15.9 Å². The lowest BCUT2D eigenvalue weighted by molar-refractivity contribution is 0.308. The van der Waals surface area contributed by atoms with Crippen LogP contribution in [0.2, 0.25) is 0 Å². The van der Waals surface area contributed by atoms with Crippen LogP contribution in [0.25, 0.3) is 5.65 Å². The van der Waals surface area contributed by atoms with Gasteiger partial charge in [-0.05, 0) is 41.4 Å². The molecule has 0 aliphatic heterocycles. The molecule has 0 radical (unpaired) electrons. The van der Waals surface area contributed by atoms with Crippen molar-refractivity contribution in [2.24, 2.45) is 0 Å². The van der Waals surface area contributed by atoms with Crippen molar-refractivity contribution in [1.29, 1.82) is 0 Å². The number of aryl methyl sites for hydroxylation is 2. The number of hydrogen-bond donors (Lipinski definition) is 0. The molecule has 0 spiro atoms. The van der Waals surface area contributed by atoms with Crippen LogP contribution in [0.1, 0.15) is 17.0 Å². The van der Waals surface area contributed by atoms with Gasteiger partial charge in [0, 0.05) is 16.4 Å². The summed E-state index contributed by atoms with van der Waals surface area (Å²) in [6, 6.07) is 12.1. The predicted molar refractivity (Wildman–Crippen MR) is 83.1 cm³/mol. The number of aromatic nitrogens is 2. The smallest absolute Gasteiger partial charge is 0.180 e. The molecule has 0 fully saturated rings. The molecule has 1 aromatic carbocycles. The minimum absolute atomic E-state index is 0.540. The molecule has 0 aliphatic rings. The van der Waals surface area contributed by atoms with Gasteiger partial charge in [-0.3, -0.25) is 4.40 Å². The van der Waals surface area contributed by atoms with Crippen LogP contribution in [0.15, 0.2) is 47.1 Å².